The Morgan fingerprint density at radius 1 is 1.23 bits per heavy atom. The van der Waals surface area contributed by atoms with Crippen molar-refractivity contribution in [2.24, 2.45) is 5.92 Å². The van der Waals surface area contributed by atoms with Gasteiger partial charge in [0.15, 0.2) is 0 Å². The Kier molecular flexibility index (Phi) is 2.90. The van der Waals surface area contributed by atoms with E-state index in [1.807, 2.05) is 13.8 Å². The average Bonchev–Trinajstić information content (AvgIpc) is 2.06. The van der Waals surface area contributed by atoms with Crippen molar-refractivity contribution in [3.05, 3.63) is 0 Å². The van der Waals surface area contributed by atoms with Crippen molar-refractivity contribution in [1.29, 1.82) is 0 Å². The molecule has 2 amide bonds. The highest BCUT2D eigenvalue weighted by Crippen LogP contribution is 2.05. The van der Waals surface area contributed by atoms with Gasteiger partial charge in [0.05, 0.1) is 0 Å². The molecule has 1 aliphatic heterocycles. The smallest absolute Gasteiger partial charge is 0.312 e. The highest BCUT2D eigenvalue weighted by Gasteiger charge is 2.30. The highest BCUT2D eigenvalue weighted by atomic mass is 16.2. The number of likely N-dealkylation sites (N-methyl/N-ethyl adjacent to an activating group) is 1. The Morgan fingerprint density at radius 2 is 1.85 bits per heavy atom. The van der Waals surface area contributed by atoms with E-state index in [9.17, 15) is 9.59 Å². The minimum atomic E-state index is -0.382. The van der Waals surface area contributed by atoms with Crippen LogP contribution in [0.5, 0.6) is 0 Å². The maximum Gasteiger partial charge on any atom is 0.312 e. The summed E-state index contributed by atoms with van der Waals surface area (Å²) in [7, 11) is 1.66. The Hall–Kier alpha value is -1.06. The van der Waals surface area contributed by atoms with Gasteiger partial charge in [-0.05, 0) is 5.92 Å². The molecule has 0 bridgehead atoms. The van der Waals surface area contributed by atoms with Crippen LogP contribution in [0.3, 0.4) is 0 Å². The summed E-state index contributed by atoms with van der Waals surface area (Å²) >= 11 is 0. The van der Waals surface area contributed by atoms with Crippen LogP contribution < -0.4 is 0 Å². The number of carbonyl (C=O) groups excluding carboxylic acids is 2. The van der Waals surface area contributed by atoms with Crippen molar-refractivity contribution in [1.82, 2.24) is 9.80 Å². The zero-order valence-electron chi connectivity index (χ0n) is 8.41. The second kappa shape index (κ2) is 3.77. The minimum Gasteiger partial charge on any atom is -0.336 e. The van der Waals surface area contributed by atoms with Gasteiger partial charge < -0.3 is 9.80 Å². The average molecular weight is 184 g/mol. The summed E-state index contributed by atoms with van der Waals surface area (Å²) in [6.45, 7) is 6.07. The maximum atomic E-state index is 11.4. The topological polar surface area (TPSA) is 40.6 Å². The number of carbonyl (C=O) groups is 2. The molecule has 1 fully saturated rings. The van der Waals surface area contributed by atoms with Crippen LogP contribution in [0.4, 0.5) is 0 Å². The van der Waals surface area contributed by atoms with Crippen molar-refractivity contribution < 1.29 is 9.59 Å². The third kappa shape index (κ3) is 2.20. The predicted octanol–water partition coefficient (Wildman–Crippen LogP) is -0.0570. The fourth-order valence-electron chi connectivity index (χ4n) is 1.39. The first kappa shape index (κ1) is 10.0. The molecule has 0 N–H and O–H groups in total. The van der Waals surface area contributed by atoms with Gasteiger partial charge in [0.1, 0.15) is 0 Å². The number of amides is 2. The van der Waals surface area contributed by atoms with E-state index in [-0.39, 0.29) is 11.8 Å². The summed E-state index contributed by atoms with van der Waals surface area (Å²) in [5, 5.41) is 0. The van der Waals surface area contributed by atoms with E-state index in [4.69, 9.17) is 0 Å². The number of piperazine rings is 1. The van der Waals surface area contributed by atoms with Gasteiger partial charge in [-0.1, -0.05) is 13.8 Å². The molecule has 0 atom stereocenters. The van der Waals surface area contributed by atoms with Gasteiger partial charge in [0.25, 0.3) is 0 Å². The summed E-state index contributed by atoms with van der Waals surface area (Å²) < 4.78 is 0. The summed E-state index contributed by atoms with van der Waals surface area (Å²) in [5.74, 6) is -0.325. The number of nitrogens with zero attached hydrogens (tertiary/aromatic N) is 2. The van der Waals surface area contributed by atoms with E-state index < -0.39 is 0 Å². The van der Waals surface area contributed by atoms with Crippen LogP contribution in [-0.2, 0) is 9.59 Å². The number of hydrogen-bond donors (Lipinski definition) is 0. The Bertz CT molecular complexity index is 226. The molecule has 1 aliphatic rings. The fourth-order valence-corrected chi connectivity index (χ4v) is 1.39. The zero-order chi connectivity index (χ0) is 10.0. The molecular weight excluding hydrogens is 168 g/mol. The van der Waals surface area contributed by atoms with Crippen molar-refractivity contribution in [3.63, 3.8) is 0 Å². The monoisotopic (exact) mass is 184 g/mol. The Balaban J connectivity index is 2.59. The molecule has 4 heteroatoms. The van der Waals surface area contributed by atoms with Crippen molar-refractivity contribution >= 4 is 11.8 Å². The van der Waals surface area contributed by atoms with Crippen LogP contribution in [0.25, 0.3) is 0 Å². The lowest BCUT2D eigenvalue weighted by molar-refractivity contribution is -0.155. The number of hydrogen-bond acceptors (Lipinski definition) is 2. The highest BCUT2D eigenvalue weighted by molar-refractivity contribution is 6.35. The van der Waals surface area contributed by atoms with E-state index in [0.717, 1.165) is 0 Å². The summed E-state index contributed by atoms with van der Waals surface area (Å²) in [4.78, 5) is 25.8. The lowest BCUT2D eigenvalue weighted by Crippen LogP contribution is -2.53. The molecule has 0 aromatic carbocycles. The first-order valence-electron chi connectivity index (χ1n) is 4.56. The van der Waals surface area contributed by atoms with E-state index in [1.165, 1.54) is 4.90 Å². The second-order valence-corrected chi connectivity index (χ2v) is 3.87. The van der Waals surface area contributed by atoms with Crippen molar-refractivity contribution in [2.75, 3.05) is 26.7 Å². The summed E-state index contributed by atoms with van der Waals surface area (Å²) in [6, 6.07) is 0. The third-order valence-electron chi connectivity index (χ3n) is 2.11. The molecule has 1 rings (SSSR count). The molecule has 1 saturated heterocycles. The molecule has 0 aliphatic carbocycles. The normalized spacial score (nSPS) is 18.8. The van der Waals surface area contributed by atoms with Crippen molar-refractivity contribution in [3.8, 4) is 0 Å². The first-order chi connectivity index (χ1) is 6.02. The molecule has 0 aromatic heterocycles. The Morgan fingerprint density at radius 3 is 2.38 bits per heavy atom. The van der Waals surface area contributed by atoms with Gasteiger partial charge in [0.2, 0.25) is 0 Å². The standard InChI is InChI=1S/C9H16N2O2/c1-7(2)6-11-5-4-10(3)8(12)9(11)13/h7H,4-6H2,1-3H3. The van der Waals surface area contributed by atoms with Gasteiger partial charge in [-0.2, -0.15) is 0 Å². The SMILES string of the molecule is CC(C)CN1CCN(C)C(=O)C1=O. The van der Waals surface area contributed by atoms with E-state index in [2.05, 4.69) is 0 Å². The van der Waals surface area contributed by atoms with Crippen LogP contribution in [0.15, 0.2) is 0 Å². The van der Waals surface area contributed by atoms with E-state index in [1.54, 1.807) is 11.9 Å². The number of rotatable bonds is 2. The molecule has 74 valence electrons. The second-order valence-electron chi connectivity index (χ2n) is 3.87. The quantitative estimate of drug-likeness (QED) is 0.564. The van der Waals surface area contributed by atoms with Crippen LogP contribution in [0.2, 0.25) is 0 Å². The van der Waals surface area contributed by atoms with Crippen LogP contribution >= 0.6 is 0 Å². The van der Waals surface area contributed by atoms with Crippen LogP contribution in [0.1, 0.15) is 13.8 Å². The summed E-state index contributed by atoms with van der Waals surface area (Å²) in [6.07, 6.45) is 0. The third-order valence-corrected chi connectivity index (χ3v) is 2.11. The molecule has 13 heavy (non-hydrogen) atoms. The molecule has 0 spiro atoms. The molecule has 0 unspecified atom stereocenters. The molecule has 1 heterocycles. The largest absolute Gasteiger partial charge is 0.336 e. The van der Waals surface area contributed by atoms with E-state index >= 15 is 0 Å². The molecule has 4 nitrogen and oxygen atoms in total. The fraction of sp³-hybridized carbons (Fsp3) is 0.778. The molecule has 0 radical (unpaired) electrons. The van der Waals surface area contributed by atoms with Crippen molar-refractivity contribution in [2.45, 2.75) is 13.8 Å². The Labute approximate surface area is 78.5 Å². The lowest BCUT2D eigenvalue weighted by Gasteiger charge is -2.32. The maximum absolute atomic E-state index is 11.4. The summed E-state index contributed by atoms with van der Waals surface area (Å²) in [5.41, 5.74) is 0. The zero-order valence-corrected chi connectivity index (χ0v) is 8.41. The molecular formula is C9H16N2O2. The van der Waals surface area contributed by atoms with Gasteiger partial charge in [0, 0.05) is 26.7 Å². The van der Waals surface area contributed by atoms with Gasteiger partial charge in [-0.3, -0.25) is 9.59 Å². The van der Waals surface area contributed by atoms with Gasteiger partial charge >= 0.3 is 11.8 Å². The lowest BCUT2D eigenvalue weighted by atomic mass is 10.2. The van der Waals surface area contributed by atoms with Gasteiger partial charge in [-0.25, -0.2) is 0 Å². The van der Waals surface area contributed by atoms with E-state index in [0.29, 0.717) is 25.6 Å². The molecule has 0 aromatic rings. The van der Waals surface area contributed by atoms with Gasteiger partial charge in [-0.15, -0.1) is 0 Å². The van der Waals surface area contributed by atoms with Crippen LogP contribution in [0, 0.1) is 5.92 Å². The van der Waals surface area contributed by atoms with Crippen LogP contribution in [-0.4, -0.2) is 48.3 Å². The minimum absolute atomic E-state index is 0.359. The first-order valence-corrected chi connectivity index (χ1v) is 4.56. The molecule has 0 saturated carbocycles. The predicted molar refractivity (Wildman–Crippen MR) is 49.1 cm³/mol.